The lowest BCUT2D eigenvalue weighted by atomic mass is 10.2. The fourth-order valence-corrected chi connectivity index (χ4v) is 3.00. The maximum atomic E-state index is 12.1. The topological polar surface area (TPSA) is 72.2 Å². The van der Waals surface area contributed by atoms with E-state index >= 15 is 0 Å². The molecule has 0 saturated heterocycles. The molecule has 0 aromatic heterocycles. The monoisotopic (exact) mass is 340 g/mol. The summed E-state index contributed by atoms with van der Waals surface area (Å²) >= 11 is 3.33. The van der Waals surface area contributed by atoms with E-state index in [9.17, 15) is 8.42 Å². The molecule has 0 heterocycles. The van der Waals surface area contributed by atoms with E-state index in [0.29, 0.717) is 0 Å². The van der Waals surface area contributed by atoms with Gasteiger partial charge in [0.25, 0.3) is 0 Å². The van der Waals surface area contributed by atoms with E-state index in [2.05, 4.69) is 20.7 Å². The first kappa shape index (κ1) is 14.0. The van der Waals surface area contributed by atoms with Crippen LogP contribution in [0.4, 0.5) is 5.69 Å². The van der Waals surface area contributed by atoms with Crippen LogP contribution in [0.2, 0.25) is 0 Å². The van der Waals surface area contributed by atoms with Crippen molar-refractivity contribution in [2.45, 2.75) is 11.4 Å². The molecule has 0 saturated carbocycles. The zero-order valence-corrected chi connectivity index (χ0v) is 12.4. The highest BCUT2D eigenvalue weighted by Crippen LogP contribution is 2.17. The molecule has 0 fully saturated rings. The van der Waals surface area contributed by atoms with Gasteiger partial charge in [-0.25, -0.2) is 13.1 Å². The lowest BCUT2D eigenvalue weighted by Gasteiger charge is -2.09. The van der Waals surface area contributed by atoms with Crippen LogP contribution in [0.15, 0.2) is 57.9 Å². The second-order valence-corrected chi connectivity index (χ2v) is 6.64. The smallest absolute Gasteiger partial charge is 0.242 e. The molecular weight excluding hydrogens is 328 g/mol. The van der Waals surface area contributed by atoms with E-state index in [-0.39, 0.29) is 17.1 Å². The van der Waals surface area contributed by atoms with Gasteiger partial charge in [0, 0.05) is 11.0 Å². The Bertz CT molecular complexity index is 669. The number of para-hydroxylation sites is 1. The zero-order valence-electron chi connectivity index (χ0n) is 10.0. The number of rotatable bonds is 4. The molecule has 0 aliphatic rings. The van der Waals surface area contributed by atoms with Gasteiger partial charge in [0.2, 0.25) is 10.0 Å². The van der Waals surface area contributed by atoms with E-state index in [1.807, 2.05) is 24.3 Å². The third-order valence-electron chi connectivity index (χ3n) is 2.59. The van der Waals surface area contributed by atoms with E-state index in [1.165, 1.54) is 6.07 Å². The molecule has 0 atom stereocenters. The average molecular weight is 341 g/mol. The fraction of sp³-hybridized carbons (Fsp3) is 0.0769. The maximum absolute atomic E-state index is 12.1. The van der Waals surface area contributed by atoms with Gasteiger partial charge in [-0.1, -0.05) is 40.2 Å². The van der Waals surface area contributed by atoms with Gasteiger partial charge < -0.3 is 5.73 Å². The molecule has 0 aliphatic carbocycles. The van der Waals surface area contributed by atoms with Crippen molar-refractivity contribution in [3.05, 3.63) is 58.6 Å². The minimum atomic E-state index is -3.59. The Morgan fingerprint density at radius 2 is 1.68 bits per heavy atom. The molecule has 2 aromatic rings. The van der Waals surface area contributed by atoms with Crippen LogP contribution in [0.3, 0.4) is 0 Å². The van der Waals surface area contributed by atoms with Gasteiger partial charge in [-0.05, 0) is 29.8 Å². The Labute approximate surface area is 120 Å². The Morgan fingerprint density at radius 1 is 1.05 bits per heavy atom. The molecule has 2 rings (SSSR count). The van der Waals surface area contributed by atoms with Gasteiger partial charge >= 0.3 is 0 Å². The molecule has 0 unspecified atom stereocenters. The minimum absolute atomic E-state index is 0.104. The first-order valence-electron chi connectivity index (χ1n) is 5.58. The molecule has 0 spiro atoms. The third kappa shape index (κ3) is 3.56. The number of nitrogen functional groups attached to an aromatic ring is 1. The largest absolute Gasteiger partial charge is 0.398 e. The highest BCUT2D eigenvalue weighted by Gasteiger charge is 2.16. The highest BCUT2D eigenvalue weighted by molar-refractivity contribution is 9.10. The summed E-state index contributed by atoms with van der Waals surface area (Å²) in [6.45, 7) is 0.226. The lowest BCUT2D eigenvalue weighted by Crippen LogP contribution is -2.24. The lowest BCUT2D eigenvalue weighted by molar-refractivity contribution is 0.582. The molecule has 0 amide bonds. The molecular formula is C13H13BrN2O2S. The van der Waals surface area contributed by atoms with Crippen LogP contribution in [0.5, 0.6) is 0 Å². The fourth-order valence-electron chi connectivity index (χ4n) is 1.58. The molecule has 0 aliphatic heterocycles. The molecule has 0 radical (unpaired) electrons. The van der Waals surface area contributed by atoms with Crippen molar-refractivity contribution < 1.29 is 8.42 Å². The second kappa shape index (κ2) is 5.73. The number of sulfonamides is 1. The minimum Gasteiger partial charge on any atom is -0.398 e. The highest BCUT2D eigenvalue weighted by atomic mass is 79.9. The zero-order chi connectivity index (χ0) is 13.9. The van der Waals surface area contributed by atoms with Crippen molar-refractivity contribution in [2.24, 2.45) is 0 Å². The van der Waals surface area contributed by atoms with E-state index in [0.717, 1.165) is 10.0 Å². The van der Waals surface area contributed by atoms with Crippen LogP contribution in [-0.2, 0) is 16.6 Å². The van der Waals surface area contributed by atoms with Crippen LogP contribution < -0.4 is 10.5 Å². The molecule has 2 aromatic carbocycles. The quantitative estimate of drug-likeness (QED) is 0.840. The van der Waals surface area contributed by atoms with E-state index in [1.54, 1.807) is 18.2 Å². The van der Waals surface area contributed by atoms with Crippen molar-refractivity contribution in [3.63, 3.8) is 0 Å². The SMILES string of the molecule is Nc1ccccc1S(=O)(=O)NCc1ccc(Br)cc1. The Balaban J connectivity index is 2.14. The molecule has 19 heavy (non-hydrogen) atoms. The number of hydrogen-bond acceptors (Lipinski definition) is 3. The van der Waals surface area contributed by atoms with E-state index < -0.39 is 10.0 Å². The van der Waals surface area contributed by atoms with Crippen LogP contribution >= 0.6 is 15.9 Å². The Kier molecular flexibility index (Phi) is 4.24. The summed E-state index contributed by atoms with van der Waals surface area (Å²) in [4.78, 5) is 0.104. The summed E-state index contributed by atoms with van der Waals surface area (Å²) in [7, 11) is -3.59. The molecule has 3 N–H and O–H groups in total. The predicted molar refractivity (Wildman–Crippen MR) is 79.0 cm³/mol. The Morgan fingerprint density at radius 3 is 2.32 bits per heavy atom. The second-order valence-electron chi connectivity index (χ2n) is 3.99. The van der Waals surface area contributed by atoms with Gasteiger partial charge in [0.05, 0.1) is 5.69 Å². The van der Waals surface area contributed by atoms with Crippen molar-refractivity contribution in [1.82, 2.24) is 4.72 Å². The normalized spacial score (nSPS) is 11.4. The van der Waals surface area contributed by atoms with Crippen molar-refractivity contribution >= 4 is 31.6 Å². The van der Waals surface area contributed by atoms with E-state index in [4.69, 9.17) is 5.73 Å². The van der Waals surface area contributed by atoms with Crippen LogP contribution in [0.25, 0.3) is 0 Å². The number of hydrogen-bond donors (Lipinski definition) is 2. The number of halogens is 1. The standard InChI is InChI=1S/C13H13BrN2O2S/c14-11-7-5-10(6-8-11)9-16-19(17,18)13-4-2-1-3-12(13)15/h1-8,16H,9,15H2. The van der Waals surface area contributed by atoms with Crippen molar-refractivity contribution in [3.8, 4) is 0 Å². The summed E-state index contributed by atoms with van der Waals surface area (Å²) in [5.74, 6) is 0. The van der Waals surface area contributed by atoms with Gasteiger partial charge in [0.15, 0.2) is 0 Å². The van der Waals surface area contributed by atoms with Crippen molar-refractivity contribution in [1.29, 1.82) is 0 Å². The number of anilines is 1. The average Bonchev–Trinajstić information content (AvgIpc) is 2.38. The summed E-state index contributed by atoms with van der Waals surface area (Å²) in [5.41, 5.74) is 6.79. The number of nitrogens with one attached hydrogen (secondary N) is 1. The van der Waals surface area contributed by atoms with Crippen LogP contribution in [-0.4, -0.2) is 8.42 Å². The number of benzene rings is 2. The van der Waals surface area contributed by atoms with Gasteiger partial charge in [0.1, 0.15) is 4.90 Å². The third-order valence-corrected chi connectivity index (χ3v) is 4.59. The van der Waals surface area contributed by atoms with Crippen LogP contribution in [0, 0.1) is 0 Å². The summed E-state index contributed by atoms with van der Waals surface area (Å²) in [5, 5.41) is 0. The molecule has 6 heteroatoms. The first-order valence-corrected chi connectivity index (χ1v) is 7.85. The predicted octanol–water partition coefficient (Wildman–Crippen LogP) is 2.51. The molecule has 100 valence electrons. The summed E-state index contributed by atoms with van der Waals surface area (Å²) in [6, 6.07) is 13.8. The Hall–Kier alpha value is -1.37. The molecule has 4 nitrogen and oxygen atoms in total. The van der Waals surface area contributed by atoms with Crippen molar-refractivity contribution in [2.75, 3.05) is 5.73 Å². The maximum Gasteiger partial charge on any atom is 0.242 e. The van der Waals surface area contributed by atoms with Gasteiger partial charge in [-0.3, -0.25) is 0 Å². The summed E-state index contributed by atoms with van der Waals surface area (Å²) < 4.78 is 27.7. The summed E-state index contributed by atoms with van der Waals surface area (Å²) in [6.07, 6.45) is 0. The number of nitrogens with two attached hydrogens (primary N) is 1. The van der Waals surface area contributed by atoms with Gasteiger partial charge in [-0.2, -0.15) is 0 Å². The van der Waals surface area contributed by atoms with Crippen LogP contribution in [0.1, 0.15) is 5.56 Å². The first-order chi connectivity index (χ1) is 8.99. The molecule has 0 bridgehead atoms. The van der Waals surface area contributed by atoms with Gasteiger partial charge in [-0.15, -0.1) is 0 Å².